The summed E-state index contributed by atoms with van der Waals surface area (Å²) in [6.45, 7) is 4.61. The number of esters is 1. The van der Waals surface area contributed by atoms with Gasteiger partial charge >= 0.3 is 5.97 Å². The van der Waals surface area contributed by atoms with Crippen LogP contribution in [0.3, 0.4) is 0 Å². The first-order valence-corrected chi connectivity index (χ1v) is 6.17. The van der Waals surface area contributed by atoms with Crippen LogP contribution >= 0.6 is 0 Å². The van der Waals surface area contributed by atoms with Crippen molar-refractivity contribution in [2.75, 3.05) is 20.5 Å². The van der Waals surface area contributed by atoms with E-state index in [4.69, 9.17) is 14.2 Å². The Balaban J connectivity index is 2.69. The SMILES string of the molecule is CCOC(=O)C1=C[C@@H](OCOC)[C@@H](C)CCC1. The molecule has 0 aromatic rings. The molecule has 1 rings (SSSR count). The van der Waals surface area contributed by atoms with Crippen LogP contribution in [-0.4, -0.2) is 32.6 Å². The molecule has 4 heteroatoms. The summed E-state index contributed by atoms with van der Waals surface area (Å²) in [7, 11) is 1.59. The maximum atomic E-state index is 11.7. The fourth-order valence-corrected chi connectivity index (χ4v) is 1.98. The zero-order chi connectivity index (χ0) is 12.7. The molecule has 17 heavy (non-hydrogen) atoms. The van der Waals surface area contributed by atoms with E-state index in [0.717, 1.165) is 24.8 Å². The van der Waals surface area contributed by atoms with E-state index in [0.29, 0.717) is 12.5 Å². The summed E-state index contributed by atoms with van der Waals surface area (Å²) in [5.41, 5.74) is 0.734. The highest BCUT2D eigenvalue weighted by atomic mass is 16.7. The Bertz CT molecular complexity index is 273. The maximum absolute atomic E-state index is 11.7. The molecule has 0 unspecified atom stereocenters. The summed E-state index contributed by atoms with van der Waals surface area (Å²) in [6, 6.07) is 0. The van der Waals surface area contributed by atoms with Crippen LogP contribution in [0.4, 0.5) is 0 Å². The molecule has 0 radical (unpaired) electrons. The Hall–Kier alpha value is -0.870. The molecule has 0 fully saturated rings. The summed E-state index contributed by atoms with van der Waals surface area (Å²) in [4.78, 5) is 11.7. The van der Waals surface area contributed by atoms with Crippen LogP contribution < -0.4 is 0 Å². The summed E-state index contributed by atoms with van der Waals surface area (Å²) < 4.78 is 15.5. The van der Waals surface area contributed by atoms with Gasteiger partial charge in [0.1, 0.15) is 6.79 Å². The molecule has 0 amide bonds. The van der Waals surface area contributed by atoms with Crippen molar-refractivity contribution in [1.29, 1.82) is 0 Å². The lowest BCUT2D eigenvalue weighted by Crippen LogP contribution is -2.21. The van der Waals surface area contributed by atoms with Crippen LogP contribution in [0.25, 0.3) is 0 Å². The molecule has 0 aromatic carbocycles. The number of methoxy groups -OCH3 is 1. The molecule has 1 aliphatic rings. The fraction of sp³-hybridized carbons (Fsp3) is 0.769. The van der Waals surface area contributed by atoms with Gasteiger partial charge in [-0.3, -0.25) is 0 Å². The van der Waals surface area contributed by atoms with E-state index in [-0.39, 0.29) is 18.9 Å². The van der Waals surface area contributed by atoms with Crippen molar-refractivity contribution in [1.82, 2.24) is 0 Å². The normalized spacial score (nSPS) is 25.0. The molecule has 0 bridgehead atoms. The maximum Gasteiger partial charge on any atom is 0.333 e. The van der Waals surface area contributed by atoms with Gasteiger partial charge in [0.15, 0.2) is 0 Å². The van der Waals surface area contributed by atoms with Gasteiger partial charge in [-0.15, -0.1) is 0 Å². The summed E-state index contributed by atoms with van der Waals surface area (Å²) in [5.74, 6) is 0.185. The molecule has 0 aliphatic heterocycles. The Kier molecular flexibility index (Phi) is 6.22. The van der Waals surface area contributed by atoms with Crippen molar-refractivity contribution >= 4 is 5.97 Å². The molecule has 2 atom stereocenters. The van der Waals surface area contributed by atoms with E-state index in [1.807, 2.05) is 13.0 Å². The van der Waals surface area contributed by atoms with Crippen molar-refractivity contribution in [2.45, 2.75) is 39.2 Å². The zero-order valence-electron chi connectivity index (χ0n) is 10.9. The molecule has 0 saturated heterocycles. The van der Waals surface area contributed by atoms with Crippen molar-refractivity contribution in [3.63, 3.8) is 0 Å². The monoisotopic (exact) mass is 242 g/mol. The van der Waals surface area contributed by atoms with Crippen LogP contribution in [0.2, 0.25) is 0 Å². The highest BCUT2D eigenvalue weighted by Gasteiger charge is 2.23. The highest BCUT2D eigenvalue weighted by Crippen LogP contribution is 2.25. The molecule has 0 saturated carbocycles. The number of carbonyl (C=O) groups excluding carboxylic acids is 1. The predicted octanol–water partition coefficient (Wildman–Crippen LogP) is 2.29. The quantitative estimate of drug-likeness (QED) is 0.548. The van der Waals surface area contributed by atoms with Gasteiger partial charge in [-0.2, -0.15) is 0 Å². The molecule has 1 aliphatic carbocycles. The molecule has 0 spiro atoms. The largest absolute Gasteiger partial charge is 0.463 e. The first-order chi connectivity index (χ1) is 8.19. The van der Waals surface area contributed by atoms with Gasteiger partial charge in [-0.05, 0) is 38.2 Å². The first kappa shape index (κ1) is 14.2. The molecule has 0 heterocycles. The van der Waals surface area contributed by atoms with Crippen molar-refractivity contribution in [3.05, 3.63) is 11.6 Å². The van der Waals surface area contributed by atoms with Gasteiger partial charge in [0.25, 0.3) is 0 Å². The Morgan fingerprint density at radius 3 is 2.94 bits per heavy atom. The lowest BCUT2D eigenvalue weighted by atomic mass is 10.0. The van der Waals surface area contributed by atoms with Gasteiger partial charge in [0.05, 0.1) is 12.7 Å². The number of hydrogen-bond donors (Lipinski definition) is 0. The molecule has 0 N–H and O–H groups in total. The van der Waals surface area contributed by atoms with Crippen molar-refractivity contribution < 1.29 is 19.0 Å². The average Bonchev–Trinajstić information content (AvgIpc) is 2.49. The first-order valence-electron chi connectivity index (χ1n) is 6.17. The van der Waals surface area contributed by atoms with E-state index in [2.05, 4.69) is 6.92 Å². The Labute approximate surface area is 103 Å². The third-order valence-electron chi connectivity index (χ3n) is 2.95. The van der Waals surface area contributed by atoms with Crippen LogP contribution in [0.1, 0.15) is 33.1 Å². The third kappa shape index (κ3) is 4.48. The van der Waals surface area contributed by atoms with Gasteiger partial charge in [-0.25, -0.2) is 4.79 Å². The lowest BCUT2D eigenvalue weighted by molar-refractivity contribution is -0.138. The van der Waals surface area contributed by atoms with Crippen LogP contribution in [0, 0.1) is 5.92 Å². The summed E-state index contributed by atoms with van der Waals surface area (Å²) in [6.07, 6.45) is 4.66. The van der Waals surface area contributed by atoms with Crippen LogP contribution in [0.5, 0.6) is 0 Å². The number of rotatable bonds is 5. The standard InChI is InChI=1S/C13H22O4/c1-4-16-13(14)11-7-5-6-10(2)12(8-11)17-9-15-3/h8,10,12H,4-7,9H2,1-3H3/t10-,12+/m0/s1. The van der Waals surface area contributed by atoms with E-state index >= 15 is 0 Å². The van der Waals surface area contributed by atoms with Crippen LogP contribution in [0.15, 0.2) is 11.6 Å². The predicted molar refractivity (Wildman–Crippen MR) is 64.5 cm³/mol. The third-order valence-corrected chi connectivity index (χ3v) is 2.95. The smallest absolute Gasteiger partial charge is 0.333 e. The van der Waals surface area contributed by atoms with E-state index in [1.165, 1.54) is 0 Å². The second kappa shape index (κ2) is 7.45. The van der Waals surface area contributed by atoms with E-state index in [9.17, 15) is 4.79 Å². The zero-order valence-corrected chi connectivity index (χ0v) is 10.9. The number of carbonyl (C=O) groups is 1. The van der Waals surface area contributed by atoms with Crippen LogP contribution in [-0.2, 0) is 19.0 Å². The minimum absolute atomic E-state index is 0.0585. The lowest BCUT2D eigenvalue weighted by Gasteiger charge is -2.19. The summed E-state index contributed by atoms with van der Waals surface area (Å²) >= 11 is 0. The van der Waals surface area contributed by atoms with Crippen molar-refractivity contribution in [3.8, 4) is 0 Å². The Morgan fingerprint density at radius 2 is 2.29 bits per heavy atom. The number of hydrogen-bond acceptors (Lipinski definition) is 4. The average molecular weight is 242 g/mol. The molecule has 0 aromatic heterocycles. The van der Waals surface area contributed by atoms with Gasteiger partial charge < -0.3 is 14.2 Å². The topological polar surface area (TPSA) is 44.8 Å². The van der Waals surface area contributed by atoms with Crippen molar-refractivity contribution in [2.24, 2.45) is 5.92 Å². The number of ether oxygens (including phenoxy) is 3. The molecule has 4 nitrogen and oxygen atoms in total. The van der Waals surface area contributed by atoms with Gasteiger partial charge in [0.2, 0.25) is 0 Å². The highest BCUT2D eigenvalue weighted by molar-refractivity contribution is 5.88. The van der Waals surface area contributed by atoms with Gasteiger partial charge in [0, 0.05) is 12.7 Å². The van der Waals surface area contributed by atoms with E-state index < -0.39 is 0 Å². The summed E-state index contributed by atoms with van der Waals surface area (Å²) in [5, 5.41) is 0. The second-order valence-electron chi connectivity index (χ2n) is 4.32. The molecular weight excluding hydrogens is 220 g/mol. The minimum atomic E-state index is -0.215. The molecular formula is C13H22O4. The fourth-order valence-electron chi connectivity index (χ4n) is 1.98. The second-order valence-corrected chi connectivity index (χ2v) is 4.32. The Morgan fingerprint density at radius 1 is 1.53 bits per heavy atom. The minimum Gasteiger partial charge on any atom is -0.463 e. The van der Waals surface area contributed by atoms with E-state index in [1.54, 1.807) is 7.11 Å². The van der Waals surface area contributed by atoms with Gasteiger partial charge in [-0.1, -0.05) is 6.92 Å². The molecule has 98 valence electrons.